The van der Waals surface area contributed by atoms with Crippen molar-refractivity contribution in [3.63, 3.8) is 0 Å². The molecule has 0 radical (unpaired) electrons. The highest BCUT2D eigenvalue weighted by Gasteiger charge is 1.97. The summed E-state index contributed by atoms with van der Waals surface area (Å²) in [5.41, 5.74) is 1.56. The van der Waals surface area contributed by atoms with Gasteiger partial charge in [0.2, 0.25) is 0 Å². The summed E-state index contributed by atoms with van der Waals surface area (Å²) in [6.07, 6.45) is 1.60. The Labute approximate surface area is 74.7 Å². The number of aliphatic hydroxyl groups excluding tert-OH is 1. The van der Waals surface area contributed by atoms with Gasteiger partial charge in [-0.25, -0.2) is 0 Å². The van der Waals surface area contributed by atoms with Crippen molar-refractivity contribution < 1.29 is 5.11 Å². The van der Waals surface area contributed by atoms with Crippen LogP contribution in [0.15, 0.2) is 35.3 Å². The Morgan fingerprint density at radius 1 is 1.31 bits per heavy atom. The van der Waals surface area contributed by atoms with Crippen LogP contribution >= 0.6 is 0 Å². The quantitative estimate of drug-likeness (QED) is 0.679. The number of nitrogens with one attached hydrogen (secondary N) is 1. The van der Waals surface area contributed by atoms with Gasteiger partial charge in [0.1, 0.15) is 0 Å². The van der Waals surface area contributed by atoms with Crippen LogP contribution in [-0.4, -0.2) is 10.1 Å². The second-order valence-corrected chi connectivity index (χ2v) is 2.88. The average molecular weight is 175 g/mol. The molecule has 2 rings (SSSR count). The molecule has 0 fully saturated rings. The standard InChI is InChI=1S/C10H9NO2/c12-6-7-1-2-8-9(5-7)11-4-3-10(8)13/h1-5,12H,6H2,(H,11,13). The van der Waals surface area contributed by atoms with E-state index in [9.17, 15) is 4.79 Å². The summed E-state index contributed by atoms with van der Waals surface area (Å²) >= 11 is 0. The van der Waals surface area contributed by atoms with E-state index in [4.69, 9.17) is 5.11 Å². The third-order valence-electron chi connectivity index (χ3n) is 2.01. The maximum atomic E-state index is 11.3. The highest BCUT2D eigenvalue weighted by molar-refractivity contribution is 5.78. The first-order valence-electron chi connectivity index (χ1n) is 4.02. The maximum absolute atomic E-state index is 11.3. The van der Waals surface area contributed by atoms with Crippen LogP contribution in [0.3, 0.4) is 0 Å². The summed E-state index contributed by atoms with van der Waals surface area (Å²) in [5, 5.41) is 9.53. The molecule has 0 amide bonds. The van der Waals surface area contributed by atoms with Gasteiger partial charge in [-0.3, -0.25) is 4.79 Å². The molecule has 13 heavy (non-hydrogen) atoms. The van der Waals surface area contributed by atoms with Gasteiger partial charge < -0.3 is 10.1 Å². The van der Waals surface area contributed by atoms with Crippen molar-refractivity contribution in [3.8, 4) is 0 Å². The molecule has 2 aromatic rings. The predicted octanol–water partition coefficient (Wildman–Crippen LogP) is 1.02. The number of aromatic nitrogens is 1. The highest BCUT2D eigenvalue weighted by Crippen LogP contribution is 2.09. The lowest BCUT2D eigenvalue weighted by molar-refractivity contribution is 0.282. The van der Waals surface area contributed by atoms with Gasteiger partial charge in [-0.1, -0.05) is 6.07 Å². The number of rotatable bonds is 1. The third-order valence-corrected chi connectivity index (χ3v) is 2.01. The van der Waals surface area contributed by atoms with Crippen molar-refractivity contribution in [1.82, 2.24) is 4.98 Å². The minimum atomic E-state index is -0.00708. The normalized spacial score (nSPS) is 10.5. The maximum Gasteiger partial charge on any atom is 0.189 e. The Bertz CT molecular complexity index is 487. The molecule has 1 aromatic carbocycles. The zero-order valence-corrected chi connectivity index (χ0v) is 6.95. The minimum Gasteiger partial charge on any atom is -0.392 e. The van der Waals surface area contributed by atoms with Crippen molar-refractivity contribution in [1.29, 1.82) is 0 Å². The fourth-order valence-electron chi connectivity index (χ4n) is 1.32. The number of hydrogen-bond acceptors (Lipinski definition) is 2. The van der Waals surface area contributed by atoms with Gasteiger partial charge in [0.15, 0.2) is 5.43 Å². The monoisotopic (exact) mass is 175 g/mol. The zero-order valence-electron chi connectivity index (χ0n) is 6.95. The van der Waals surface area contributed by atoms with Crippen LogP contribution in [-0.2, 0) is 6.61 Å². The number of aromatic amines is 1. The van der Waals surface area contributed by atoms with Crippen LogP contribution in [0.1, 0.15) is 5.56 Å². The number of H-pyrrole nitrogens is 1. The van der Waals surface area contributed by atoms with E-state index in [0.717, 1.165) is 11.1 Å². The molecule has 1 aromatic heterocycles. The van der Waals surface area contributed by atoms with Crippen molar-refractivity contribution in [3.05, 3.63) is 46.2 Å². The van der Waals surface area contributed by atoms with Crippen molar-refractivity contribution in [2.75, 3.05) is 0 Å². The van der Waals surface area contributed by atoms with E-state index in [1.165, 1.54) is 6.07 Å². The summed E-state index contributed by atoms with van der Waals surface area (Å²) < 4.78 is 0. The molecule has 66 valence electrons. The number of hydrogen-bond donors (Lipinski definition) is 2. The Kier molecular flexibility index (Phi) is 1.87. The van der Waals surface area contributed by atoms with E-state index in [0.29, 0.717) is 5.39 Å². The Morgan fingerprint density at radius 3 is 2.92 bits per heavy atom. The molecule has 0 spiro atoms. The minimum absolute atomic E-state index is 0.00163. The van der Waals surface area contributed by atoms with Gasteiger partial charge in [-0.05, 0) is 17.7 Å². The molecule has 0 aliphatic heterocycles. The van der Waals surface area contributed by atoms with E-state index in [1.807, 2.05) is 0 Å². The van der Waals surface area contributed by atoms with Gasteiger partial charge in [-0.15, -0.1) is 0 Å². The smallest absolute Gasteiger partial charge is 0.189 e. The van der Waals surface area contributed by atoms with Crippen molar-refractivity contribution >= 4 is 10.9 Å². The number of fused-ring (bicyclic) bond motifs is 1. The van der Waals surface area contributed by atoms with E-state index < -0.39 is 0 Å². The number of benzene rings is 1. The molecule has 0 saturated carbocycles. The Hall–Kier alpha value is -1.61. The molecule has 0 saturated heterocycles. The summed E-state index contributed by atoms with van der Waals surface area (Å²) in [4.78, 5) is 14.3. The van der Waals surface area contributed by atoms with E-state index >= 15 is 0 Å². The second kappa shape index (κ2) is 3.03. The van der Waals surface area contributed by atoms with Crippen molar-refractivity contribution in [2.24, 2.45) is 0 Å². The first kappa shape index (κ1) is 8.01. The second-order valence-electron chi connectivity index (χ2n) is 2.88. The van der Waals surface area contributed by atoms with Crippen molar-refractivity contribution in [2.45, 2.75) is 6.61 Å². The summed E-state index contributed by atoms with van der Waals surface area (Å²) in [6.45, 7) is -0.00708. The molecule has 2 N–H and O–H groups in total. The average Bonchev–Trinajstić information content (AvgIpc) is 2.18. The number of aliphatic hydroxyl groups is 1. The lowest BCUT2D eigenvalue weighted by Gasteiger charge is -1.99. The molecule has 3 heteroatoms. The van der Waals surface area contributed by atoms with Crippen LogP contribution in [0.2, 0.25) is 0 Å². The van der Waals surface area contributed by atoms with E-state index in [2.05, 4.69) is 4.98 Å². The molecular formula is C10H9NO2. The van der Waals surface area contributed by atoms with E-state index in [-0.39, 0.29) is 12.0 Å². The lowest BCUT2D eigenvalue weighted by atomic mass is 10.1. The summed E-state index contributed by atoms with van der Waals surface area (Å²) in [7, 11) is 0. The van der Waals surface area contributed by atoms with Crippen LogP contribution in [0.5, 0.6) is 0 Å². The van der Waals surface area contributed by atoms with Crippen LogP contribution < -0.4 is 5.43 Å². The first-order chi connectivity index (χ1) is 6.31. The molecule has 0 bridgehead atoms. The molecule has 1 heterocycles. The van der Waals surface area contributed by atoms with Gasteiger partial charge in [0.25, 0.3) is 0 Å². The van der Waals surface area contributed by atoms with Gasteiger partial charge in [0.05, 0.1) is 6.61 Å². The largest absolute Gasteiger partial charge is 0.392 e. The van der Waals surface area contributed by atoms with E-state index in [1.54, 1.807) is 24.4 Å². The van der Waals surface area contributed by atoms with Gasteiger partial charge in [0, 0.05) is 23.2 Å². The topological polar surface area (TPSA) is 53.1 Å². The SMILES string of the molecule is O=c1cc[nH]c2cc(CO)ccc12. The Morgan fingerprint density at radius 2 is 2.15 bits per heavy atom. The molecule has 0 aliphatic carbocycles. The third kappa shape index (κ3) is 1.34. The number of pyridine rings is 1. The molecule has 0 unspecified atom stereocenters. The molecule has 0 aliphatic rings. The van der Waals surface area contributed by atoms with Crippen LogP contribution in [0, 0.1) is 0 Å². The molecular weight excluding hydrogens is 166 g/mol. The fraction of sp³-hybridized carbons (Fsp3) is 0.100. The highest BCUT2D eigenvalue weighted by atomic mass is 16.3. The van der Waals surface area contributed by atoms with Crippen LogP contribution in [0.4, 0.5) is 0 Å². The molecule has 0 atom stereocenters. The predicted molar refractivity (Wildman–Crippen MR) is 50.5 cm³/mol. The summed E-state index contributed by atoms with van der Waals surface area (Å²) in [5.74, 6) is 0. The first-order valence-corrected chi connectivity index (χ1v) is 4.02. The Balaban J connectivity index is 2.80. The summed E-state index contributed by atoms with van der Waals surface area (Å²) in [6, 6.07) is 6.73. The van der Waals surface area contributed by atoms with Crippen LogP contribution in [0.25, 0.3) is 10.9 Å². The fourth-order valence-corrected chi connectivity index (χ4v) is 1.32. The van der Waals surface area contributed by atoms with Gasteiger partial charge >= 0.3 is 0 Å². The molecule has 3 nitrogen and oxygen atoms in total. The van der Waals surface area contributed by atoms with Gasteiger partial charge in [-0.2, -0.15) is 0 Å². The lowest BCUT2D eigenvalue weighted by Crippen LogP contribution is -2.00. The zero-order chi connectivity index (χ0) is 9.26.